The number of nitrogens with zero attached hydrogens (tertiary/aromatic N) is 1. The van der Waals surface area contributed by atoms with Crippen LogP contribution in [-0.2, 0) is 32.7 Å². The third-order valence-electron chi connectivity index (χ3n) is 8.30. The van der Waals surface area contributed by atoms with Gasteiger partial charge in [0.15, 0.2) is 6.10 Å². The molecule has 0 saturated heterocycles. The number of allylic oxidation sites excluding steroid dienone is 18. The van der Waals surface area contributed by atoms with Gasteiger partial charge >= 0.3 is 19.8 Å². The number of likely N-dealkylation sites (N-methyl/N-ethyl adjacent to an activating group) is 1. The number of hydrogen-bond acceptors (Lipinski definition) is 7. The van der Waals surface area contributed by atoms with E-state index in [4.69, 9.17) is 18.5 Å². The van der Waals surface area contributed by atoms with Crippen LogP contribution in [0.25, 0.3) is 0 Å². The molecule has 328 valence electrons. The first-order valence-electron chi connectivity index (χ1n) is 21.6. The van der Waals surface area contributed by atoms with Crippen molar-refractivity contribution in [2.45, 2.75) is 136 Å². The molecule has 0 aliphatic carbocycles. The van der Waals surface area contributed by atoms with E-state index in [1.165, 1.54) is 25.7 Å². The molecule has 0 bridgehead atoms. The number of quaternary nitrogens is 1. The molecule has 1 N–H and O–H groups in total. The van der Waals surface area contributed by atoms with Gasteiger partial charge in [0, 0.05) is 12.8 Å². The largest absolute Gasteiger partial charge is 0.472 e. The maximum Gasteiger partial charge on any atom is 0.472 e. The zero-order valence-corrected chi connectivity index (χ0v) is 37.6. The van der Waals surface area contributed by atoms with Crippen molar-refractivity contribution in [3.05, 3.63) is 109 Å². The minimum absolute atomic E-state index is 0.00588. The van der Waals surface area contributed by atoms with Gasteiger partial charge in [-0.05, 0) is 89.9 Å². The van der Waals surface area contributed by atoms with Crippen LogP contribution in [0.15, 0.2) is 109 Å². The molecule has 0 aromatic carbocycles. The maximum atomic E-state index is 12.7. The minimum Gasteiger partial charge on any atom is -0.462 e. The van der Waals surface area contributed by atoms with Crippen molar-refractivity contribution in [2.75, 3.05) is 47.5 Å². The molecular formula is C48H79NO8P+. The predicted molar refractivity (Wildman–Crippen MR) is 242 cm³/mol. The monoisotopic (exact) mass is 829 g/mol. The van der Waals surface area contributed by atoms with E-state index in [0.717, 1.165) is 64.2 Å². The Kier molecular flexibility index (Phi) is 36.9. The van der Waals surface area contributed by atoms with E-state index in [2.05, 4.69) is 111 Å². The first-order chi connectivity index (χ1) is 28.0. The SMILES string of the molecule is CC/C=C/C/C=C/C/C=C/C/C=C/CCCCC(=O)O[C@H](COC(=O)CC/C=C/C/C=C/C/C=C/C/C=C/C/C=C/CCCCC)COP(=O)(O)OCC[N+](C)(C)C. The summed E-state index contributed by atoms with van der Waals surface area (Å²) in [5.41, 5.74) is 0. The van der Waals surface area contributed by atoms with E-state index in [1.54, 1.807) is 0 Å². The number of unbranched alkanes of at least 4 members (excludes halogenated alkanes) is 5. The number of phosphoric ester groups is 1. The van der Waals surface area contributed by atoms with Crippen LogP contribution in [0.3, 0.4) is 0 Å². The van der Waals surface area contributed by atoms with Gasteiger partial charge in [0.2, 0.25) is 0 Å². The van der Waals surface area contributed by atoms with E-state index in [-0.39, 0.29) is 26.1 Å². The minimum atomic E-state index is -4.41. The predicted octanol–water partition coefficient (Wildman–Crippen LogP) is 12.3. The molecule has 0 aromatic heterocycles. The molecule has 0 aliphatic heterocycles. The molecule has 9 nitrogen and oxygen atoms in total. The number of rotatable bonds is 37. The standard InChI is InChI=1S/C48H78NO8P/c1-6-8-10-12-14-16-18-20-22-23-24-25-27-28-30-32-34-36-38-40-47(50)54-44-46(45-56-58(52,53)55-43-42-49(3,4)5)57-48(51)41-39-37-35-33-31-29-26-21-19-17-15-13-11-9-7-2/h9,11,14-17,20-22,24-26,28,30-31,33-34,36,46H,6-8,10,12-13,18-19,23,27,29,32,35,37-45H2,1-5H3/p+1/b11-9+,16-14+,17-15+,22-20+,25-24+,26-21+,30-28+,33-31+,36-34+/t46-/m1/s1. The van der Waals surface area contributed by atoms with Crippen molar-refractivity contribution in [3.63, 3.8) is 0 Å². The third-order valence-corrected chi connectivity index (χ3v) is 9.28. The second kappa shape index (κ2) is 39.1. The van der Waals surface area contributed by atoms with Crippen LogP contribution in [0.4, 0.5) is 0 Å². The first-order valence-corrected chi connectivity index (χ1v) is 23.1. The third kappa shape index (κ3) is 42.3. The second-order valence-electron chi connectivity index (χ2n) is 15.0. The van der Waals surface area contributed by atoms with E-state index in [9.17, 15) is 19.0 Å². The van der Waals surface area contributed by atoms with Crippen LogP contribution in [0.5, 0.6) is 0 Å². The summed E-state index contributed by atoms with van der Waals surface area (Å²) in [7, 11) is 1.39. The summed E-state index contributed by atoms with van der Waals surface area (Å²) in [6.45, 7) is 4.10. The molecule has 0 radical (unpaired) electrons. The summed E-state index contributed by atoms with van der Waals surface area (Å²) >= 11 is 0. The van der Waals surface area contributed by atoms with Crippen LogP contribution in [0.1, 0.15) is 129 Å². The smallest absolute Gasteiger partial charge is 0.462 e. The summed E-state index contributed by atoms with van der Waals surface area (Å²) in [6, 6.07) is 0. The normalized spacial score (nSPS) is 14.7. The molecule has 1 unspecified atom stereocenters. The summed E-state index contributed by atoms with van der Waals surface area (Å²) < 4.78 is 34.1. The Hall–Kier alpha value is -3.33. The molecule has 2 atom stereocenters. The molecule has 0 rings (SSSR count). The van der Waals surface area contributed by atoms with Crippen LogP contribution >= 0.6 is 7.82 Å². The molecule has 0 amide bonds. The molecule has 0 aliphatic rings. The highest BCUT2D eigenvalue weighted by atomic mass is 31.2. The number of hydrogen-bond donors (Lipinski definition) is 1. The topological polar surface area (TPSA) is 108 Å². The van der Waals surface area contributed by atoms with Crippen molar-refractivity contribution in [3.8, 4) is 0 Å². The quantitative estimate of drug-likeness (QED) is 0.0217. The fourth-order valence-corrected chi connectivity index (χ4v) is 5.67. The average Bonchev–Trinajstić information content (AvgIpc) is 3.17. The highest BCUT2D eigenvalue weighted by Gasteiger charge is 2.27. The van der Waals surface area contributed by atoms with Crippen molar-refractivity contribution < 1.29 is 42.1 Å². The Morgan fingerprint density at radius 2 is 1.00 bits per heavy atom. The van der Waals surface area contributed by atoms with Gasteiger partial charge < -0.3 is 18.9 Å². The maximum absolute atomic E-state index is 12.7. The Balaban J connectivity index is 4.58. The van der Waals surface area contributed by atoms with Gasteiger partial charge in [-0.3, -0.25) is 18.6 Å². The van der Waals surface area contributed by atoms with E-state index >= 15 is 0 Å². The molecule has 10 heteroatoms. The number of carbonyl (C=O) groups is 2. The van der Waals surface area contributed by atoms with Crippen LogP contribution in [0.2, 0.25) is 0 Å². The van der Waals surface area contributed by atoms with Crippen molar-refractivity contribution in [2.24, 2.45) is 0 Å². The molecule has 0 heterocycles. The Labute approximate surface area is 353 Å². The van der Waals surface area contributed by atoms with Crippen LogP contribution in [0, 0.1) is 0 Å². The lowest BCUT2D eigenvalue weighted by Crippen LogP contribution is -2.37. The Bertz CT molecular complexity index is 1350. The molecule has 58 heavy (non-hydrogen) atoms. The number of ether oxygens (including phenoxy) is 2. The van der Waals surface area contributed by atoms with E-state index in [1.807, 2.05) is 33.3 Å². The first kappa shape index (κ1) is 54.7. The van der Waals surface area contributed by atoms with Crippen molar-refractivity contribution >= 4 is 19.8 Å². The molecule has 0 aromatic rings. The number of esters is 2. The number of phosphoric acid groups is 1. The van der Waals surface area contributed by atoms with Crippen LogP contribution in [-0.4, -0.2) is 74.9 Å². The fraction of sp³-hybridized carbons (Fsp3) is 0.583. The van der Waals surface area contributed by atoms with Crippen molar-refractivity contribution in [1.82, 2.24) is 0 Å². The van der Waals surface area contributed by atoms with Crippen LogP contribution < -0.4 is 0 Å². The van der Waals surface area contributed by atoms with Gasteiger partial charge in [-0.1, -0.05) is 136 Å². The lowest BCUT2D eigenvalue weighted by atomic mass is 10.2. The highest BCUT2D eigenvalue weighted by Crippen LogP contribution is 2.43. The van der Waals surface area contributed by atoms with Gasteiger partial charge in [0.05, 0.1) is 27.7 Å². The number of carbonyl (C=O) groups excluding carboxylic acids is 2. The zero-order chi connectivity index (χ0) is 42.8. The summed E-state index contributed by atoms with van der Waals surface area (Å²) in [5, 5.41) is 0. The van der Waals surface area contributed by atoms with Gasteiger partial charge in [-0.15, -0.1) is 0 Å². The van der Waals surface area contributed by atoms with Crippen molar-refractivity contribution in [1.29, 1.82) is 0 Å². The van der Waals surface area contributed by atoms with Gasteiger partial charge in [0.1, 0.15) is 19.8 Å². The molecule has 0 fully saturated rings. The average molecular weight is 829 g/mol. The molecule has 0 saturated carbocycles. The second-order valence-corrected chi connectivity index (χ2v) is 16.4. The van der Waals surface area contributed by atoms with Gasteiger partial charge in [-0.25, -0.2) is 4.57 Å². The Morgan fingerprint density at radius 3 is 1.47 bits per heavy atom. The van der Waals surface area contributed by atoms with Gasteiger partial charge in [0.25, 0.3) is 0 Å². The molecule has 0 spiro atoms. The van der Waals surface area contributed by atoms with E-state index in [0.29, 0.717) is 23.9 Å². The van der Waals surface area contributed by atoms with E-state index < -0.39 is 32.5 Å². The van der Waals surface area contributed by atoms with Gasteiger partial charge in [-0.2, -0.15) is 0 Å². The highest BCUT2D eigenvalue weighted by molar-refractivity contribution is 7.47. The lowest BCUT2D eigenvalue weighted by molar-refractivity contribution is -0.870. The summed E-state index contributed by atoms with van der Waals surface area (Å²) in [6.07, 6.45) is 53.0. The molecular weight excluding hydrogens is 750 g/mol. The lowest BCUT2D eigenvalue weighted by Gasteiger charge is -2.24. The Morgan fingerprint density at radius 1 is 0.552 bits per heavy atom. The fourth-order valence-electron chi connectivity index (χ4n) is 4.93. The summed E-state index contributed by atoms with van der Waals surface area (Å²) in [4.78, 5) is 35.3. The summed E-state index contributed by atoms with van der Waals surface area (Å²) in [5.74, 6) is -0.957. The zero-order valence-electron chi connectivity index (χ0n) is 36.7.